The summed E-state index contributed by atoms with van der Waals surface area (Å²) in [4.78, 5) is -0.273. The number of benzene rings is 1. The molecule has 0 unspecified atom stereocenters. The van der Waals surface area contributed by atoms with Crippen LogP contribution in [0, 0.1) is 11.2 Å². The van der Waals surface area contributed by atoms with Crippen molar-refractivity contribution in [2.24, 2.45) is 5.41 Å². The van der Waals surface area contributed by atoms with E-state index in [2.05, 4.69) is 17.0 Å². The quantitative estimate of drug-likeness (QED) is 0.812. The van der Waals surface area contributed by atoms with Crippen molar-refractivity contribution in [1.29, 1.82) is 0 Å². The fraction of sp³-hybridized carbons (Fsp3) is 0.600. The SMILES string of the molecule is CCNCc1ccc(S(=O)(=O)NCC2(C)CCC2)c(F)c1. The van der Waals surface area contributed by atoms with Crippen LogP contribution in [0.4, 0.5) is 4.39 Å². The molecular formula is C15H23FN2O2S. The van der Waals surface area contributed by atoms with Gasteiger partial charge in [0.25, 0.3) is 0 Å². The van der Waals surface area contributed by atoms with Gasteiger partial charge in [0.1, 0.15) is 10.7 Å². The molecule has 6 heteroatoms. The van der Waals surface area contributed by atoms with Crippen LogP contribution in [-0.4, -0.2) is 21.5 Å². The zero-order valence-electron chi connectivity index (χ0n) is 12.6. The minimum Gasteiger partial charge on any atom is -0.313 e. The largest absolute Gasteiger partial charge is 0.313 e. The van der Waals surface area contributed by atoms with E-state index in [1.807, 2.05) is 6.92 Å². The lowest BCUT2D eigenvalue weighted by molar-refractivity contribution is 0.166. The maximum atomic E-state index is 14.0. The summed E-state index contributed by atoms with van der Waals surface area (Å²) in [6, 6.07) is 4.26. The number of hydrogen-bond acceptors (Lipinski definition) is 3. The Morgan fingerprint density at radius 2 is 2.05 bits per heavy atom. The molecule has 1 fully saturated rings. The zero-order valence-corrected chi connectivity index (χ0v) is 13.4. The van der Waals surface area contributed by atoms with Crippen molar-refractivity contribution in [2.75, 3.05) is 13.1 Å². The first-order valence-corrected chi connectivity index (χ1v) is 8.83. The van der Waals surface area contributed by atoms with Gasteiger partial charge in [-0.05, 0) is 42.5 Å². The first-order valence-electron chi connectivity index (χ1n) is 7.35. The molecule has 1 aromatic carbocycles. The van der Waals surface area contributed by atoms with Crippen LogP contribution in [0.5, 0.6) is 0 Å². The highest BCUT2D eigenvalue weighted by atomic mass is 32.2. The molecule has 0 aliphatic heterocycles. The average molecular weight is 314 g/mol. The molecule has 1 aromatic rings. The third-order valence-electron chi connectivity index (χ3n) is 4.11. The molecule has 2 N–H and O–H groups in total. The number of halogens is 1. The summed E-state index contributed by atoms with van der Waals surface area (Å²) in [6.45, 7) is 5.68. The third-order valence-corrected chi connectivity index (χ3v) is 5.55. The second-order valence-corrected chi connectivity index (χ2v) is 7.77. The van der Waals surface area contributed by atoms with Gasteiger partial charge in [-0.15, -0.1) is 0 Å². The van der Waals surface area contributed by atoms with Crippen molar-refractivity contribution in [3.63, 3.8) is 0 Å². The van der Waals surface area contributed by atoms with Crippen LogP contribution >= 0.6 is 0 Å². The molecule has 1 saturated carbocycles. The van der Waals surface area contributed by atoms with Crippen molar-refractivity contribution in [3.8, 4) is 0 Å². The van der Waals surface area contributed by atoms with Crippen LogP contribution in [0.15, 0.2) is 23.1 Å². The van der Waals surface area contributed by atoms with Crippen LogP contribution in [0.2, 0.25) is 0 Å². The molecule has 1 aliphatic rings. The van der Waals surface area contributed by atoms with Gasteiger partial charge in [0.15, 0.2) is 0 Å². The first-order chi connectivity index (χ1) is 9.86. The molecule has 0 bridgehead atoms. The van der Waals surface area contributed by atoms with E-state index in [0.29, 0.717) is 13.1 Å². The van der Waals surface area contributed by atoms with E-state index in [1.54, 1.807) is 6.07 Å². The number of nitrogens with one attached hydrogen (secondary N) is 2. The van der Waals surface area contributed by atoms with Crippen molar-refractivity contribution in [1.82, 2.24) is 10.0 Å². The summed E-state index contributed by atoms with van der Waals surface area (Å²) in [5, 5.41) is 3.08. The van der Waals surface area contributed by atoms with E-state index in [9.17, 15) is 12.8 Å². The Bertz CT molecular complexity index is 598. The van der Waals surface area contributed by atoms with E-state index < -0.39 is 15.8 Å². The third kappa shape index (κ3) is 4.02. The number of hydrogen-bond donors (Lipinski definition) is 2. The highest BCUT2D eigenvalue weighted by Gasteiger charge is 2.33. The first kappa shape index (κ1) is 16.4. The topological polar surface area (TPSA) is 58.2 Å². The molecule has 4 nitrogen and oxygen atoms in total. The van der Waals surface area contributed by atoms with Crippen LogP contribution < -0.4 is 10.0 Å². The van der Waals surface area contributed by atoms with Crippen LogP contribution in [0.25, 0.3) is 0 Å². The molecule has 0 aromatic heterocycles. The highest BCUT2D eigenvalue weighted by molar-refractivity contribution is 7.89. The van der Waals surface area contributed by atoms with E-state index in [-0.39, 0.29) is 10.3 Å². The molecule has 118 valence electrons. The molecule has 0 saturated heterocycles. The lowest BCUT2D eigenvalue weighted by atomic mass is 9.71. The van der Waals surface area contributed by atoms with Crippen LogP contribution in [0.3, 0.4) is 0 Å². The summed E-state index contributed by atoms with van der Waals surface area (Å²) in [5.74, 6) is -0.698. The molecule has 2 rings (SSSR count). The Labute approximate surface area is 126 Å². The van der Waals surface area contributed by atoms with Gasteiger partial charge in [-0.3, -0.25) is 0 Å². The van der Waals surface area contributed by atoms with Gasteiger partial charge in [-0.2, -0.15) is 0 Å². The monoisotopic (exact) mass is 314 g/mol. The van der Waals surface area contributed by atoms with E-state index in [1.165, 1.54) is 12.1 Å². The lowest BCUT2D eigenvalue weighted by Crippen LogP contribution is -2.40. The molecule has 0 amide bonds. The van der Waals surface area contributed by atoms with Gasteiger partial charge in [0, 0.05) is 13.1 Å². The summed E-state index contributed by atoms with van der Waals surface area (Å²) in [7, 11) is -3.78. The molecular weight excluding hydrogens is 291 g/mol. The maximum Gasteiger partial charge on any atom is 0.243 e. The average Bonchev–Trinajstić information content (AvgIpc) is 2.40. The molecule has 0 radical (unpaired) electrons. The minimum absolute atomic E-state index is 0.0224. The van der Waals surface area contributed by atoms with Gasteiger partial charge in [0.05, 0.1) is 0 Å². The van der Waals surface area contributed by atoms with Gasteiger partial charge in [-0.1, -0.05) is 26.3 Å². The van der Waals surface area contributed by atoms with Crippen molar-refractivity contribution in [2.45, 2.75) is 44.6 Å². The summed E-state index contributed by atoms with van der Waals surface area (Å²) in [5.41, 5.74) is 0.758. The Morgan fingerprint density at radius 3 is 2.57 bits per heavy atom. The lowest BCUT2D eigenvalue weighted by Gasteiger charge is -2.38. The van der Waals surface area contributed by atoms with E-state index >= 15 is 0 Å². The zero-order chi connectivity index (χ0) is 15.5. The highest BCUT2D eigenvalue weighted by Crippen LogP contribution is 2.39. The molecule has 1 aliphatic carbocycles. The van der Waals surface area contributed by atoms with E-state index in [0.717, 1.165) is 31.4 Å². The summed E-state index contributed by atoms with van der Waals surface area (Å²) >= 11 is 0. The van der Waals surface area contributed by atoms with Crippen LogP contribution in [-0.2, 0) is 16.6 Å². The molecule has 0 spiro atoms. The smallest absolute Gasteiger partial charge is 0.243 e. The number of rotatable bonds is 7. The Morgan fingerprint density at radius 1 is 1.33 bits per heavy atom. The normalized spacial score (nSPS) is 17.5. The Kier molecular flexibility index (Phi) is 5.01. The maximum absolute atomic E-state index is 14.0. The molecule has 21 heavy (non-hydrogen) atoms. The Balaban J connectivity index is 2.08. The fourth-order valence-corrected chi connectivity index (χ4v) is 3.70. The summed E-state index contributed by atoms with van der Waals surface area (Å²) < 4.78 is 41.0. The van der Waals surface area contributed by atoms with Gasteiger partial charge < -0.3 is 5.32 Å². The summed E-state index contributed by atoms with van der Waals surface area (Å²) in [6.07, 6.45) is 3.16. The van der Waals surface area contributed by atoms with Crippen molar-refractivity contribution < 1.29 is 12.8 Å². The predicted octanol–water partition coefficient (Wildman–Crippen LogP) is 2.40. The molecule has 0 atom stereocenters. The minimum atomic E-state index is -3.78. The fourth-order valence-electron chi connectivity index (χ4n) is 2.45. The Hall–Kier alpha value is -0.980. The standard InChI is InChI=1S/C15H23FN2O2S/c1-3-17-10-12-5-6-14(13(16)9-12)21(19,20)18-11-15(2)7-4-8-15/h5-6,9,17-18H,3-4,7-8,10-11H2,1-2H3. The van der Waals surface area contributed by atoms with Crippen molar-refractivity contribution in [3.05, 3.63) is 29.6 Å². The predicted molar refractivity (Wildman–Crippen MR) is 80.9 cm³/mol. The van der Waals surface area contributed by atoms with Crippen molar-refractivity contribution >= 4 is 10.0 Å². The van der Waals surface area contributed by atoms with E-state index in [4.69, 9.17) is 0 Å². The van der Waals surface area contributed by atoms with Crippen LogP contribution in [0.1, 0.15) is 38.7 Å². The number of sulfonamides is 1. The molecule has 0 heterocycles. The van der Waals surface area contributed by atoms with Gasteiger partial charge >= 0.3 is 0 Å². The van der Waals surface area contributed by atoms with Gasteiger partial charge in [-0.25, -0.2) is 17.5 Å². The van der Waals surface area contributed by atoms with Gasteiger partial charge in [0.2, 0.25) is 10.0 Å². The second-order valence-electron chi connectivity index (χ2n) is 6.03. The second kappa shape index (κ2) is 6.42.